The summed E-state index contributed by atoms with van der Waals surface area (Å²) in [4.78, 5) is 30.0. The molecule has 0 spiro atoms. The molecule has 2 aromatic heterocycles. The van der Waals surface area contributed by atoms with Crippen LogP contribution in [0.3, 0.4) is 0 Å². The third kappa shape index (κ3) is 7.91. The SMILES string of the molecule is Cc1cc(C)cc(-c2nc(-c3ccc(-c4ccc(-c5nc(-c6cc(C)cc(C)c6)nc(-c6cc(C)cc(C)c6)n5)cc4)cc3)nc(-c3cc(C)cc(C)c3)n2)c1. The lowest BCUT2D eigenvalue weighted by atomic mass is 10.0. The largest absolute Gasteiger partial charge is 0.208 e. The zero-order valence-electron chi connectivity index (χ0n) is 33.2. The molecule has 274 valence electrons. The predicted molar refractivity (Wildman–Crippen MR) is 229 cm³/mol. The molecule has 0 radical (unpaired) electrons. The molecule has 8 rings (SSSR count). The highest BCUT2D eigenvalue weighted by atomic mass is 15.0. The summed E-state index contributed by atoms with van der Waals surface area (Å²) >= 11 is 0. The second kappa shape index (κ2) is 14.9. The highest BCUT2D eigenvalue weighted by Crippen LogP contribution is 2.31. The molecule has 6 aromatic carbocycles. The molecular weight excluding hydrogens is 685 g/mol. The van der Waals surface area contributed by atoms with Gasteiger partial charge in [-0.05, 0) is 115 Å². The van der Waals surface area contributed by atoms with Crippen LogP contribution in [0.2, 0.25) is 0 Å². The van der Waals surface area contributed by atoms with Crippen molar-refractivity contribution in [2.75, 3.05) is 0 Å². The van der Waals surface area contributed by atoms with E-state index in [1.54, 1.807) is 0 Å². The monoisotopic (exact) mass is 728 g/mol. The van der Waals surface area contributed by atoms with Crippen molar-refractivity contribution in [1.82, 2.24) is 29.9 Å². The molecule has 0 amide bonds. The summed E-state index contributed by atoms with van der Waals surface area (Å²) in [6.45, 7) is 16.8. The number of benzene rings is 6. The van der Waals surface area contributed by atoms with Gasteiger partial charge in [-0.15, -0.1) is 0 Å². The Morgan fingerprint density at radius 3 is 0.554 bits per heavy atom. The normalized spacial score (nSPS) is 11.2. The lowest BCUT2D eigenvalue weighted by Gasteiger charge is -2.12. The average molecular weight is 729 g/mol. The molecule has 6 heteroatoms. The maximum atomic E-state index is 5.01. The fourth-order valence-electron chi connectivity index (χ4n) is 7.57. The second-order valence-electron chi connectivity index (χ2n) is 15.3. The Morgan fingerprint density at radius 2 is 0.357 bits per heavy atom. The Kier molecular flexibility index (Phi) is 9.65. The van der Waals surface area contributed by atoms with Gasteiger partial charge in [0.2, 0.25) is 0 Å². The molecule has 0 aliphatic rings. The molecule has 0 aliphatic heterocycles. The van der Waals surface area contributed by atoms with Gasteiger partial charge in [-0.3, -0.25) is 0 Å². The lowest BCUT2D eigenvalue weighted by Crippen LogP contribution is -2.01. The van der Waals surface area contributed by atoms with Crippen LogP contribution in [-0.2, 0) is 0 Å². The fourth-order valence-corrected chi connectivity index (χ4v) is 7.57. The lowest BCUT2D eigenvalue weighted by molar-refractivity contribution is 1.07. The van der Waals surface area contributed by atoms with E-state index >= 15 is 0 Å². The molecule has 56 heavy (non-hydrogen) atoms. The Labute approximate surface area is 329 Å². The standard InChI is InChI=1S/C50H44N6/c1-29-17-30(2)22-41(21-29)47-51-45(52-48(55-47)42-23-31(3)18-32(4)24-42)39-13-9-37(10-14-39)38-11-15-40(16-12-38)46-53-49(43-25-33(5)19-34(6)26-43)56-50(54-46)44-27-35(7)20-36(8)28-44/h9-28H,1-8H3. The third-order valence-corrected chi connectivity index (χ3v) is 9.81. The highest BCUT2D eigenvalue weighted by Gasteiger charge is 2.16. The van der Waals surface area contributed by atoms with Crippen LogP contribution in [0.1, 0.15) is 44.5 Å². The van der Waals surface area contributed by atoms with E-state index in [1.807, 2.05) is 0 Å². The summed E-state index contributed by atoms with van der Waals surface area (Å²) in [5.74, 6) is 3.93. The van der Waals surface area contributed by atoms with E-state index in [-0.39, 0.29) is 0 Å². The summed E-state index contributed by atoms with van der Waals surface area (Å²) in [6, 6.07) is 42.6. The maximum absolute atomic E-state index is 5.01. The number of aryl methyl sites for hydroxylation is 8. The van der Waals surface area contributed by atoms with Crippen LogP contribution < -0.4 is 0 Å². The van der Waals surface area contributed by atoms with Crippen LogP contribution in [0.4, 0.5) is 0 Å². The first-order chi connectivity index (χ1) is 26.9. The minimum atomic E-state index is 0.638. The van der Waals surface area contributed by atoms with Crippen molar-refractivity contribution in [2.24, 2.45) is 0 Å². The van der Waals surface area contributed by atoms with Crippen molar-refractivity contribution in [1.29, 1.82) is 0 Å². The molecule has 0 bridgehead atoms. The summed E-state index contributed by atoms with van der Waals surface area (Å²) in [5, 5.41) is 0. The summed E-state index contributed by atoms with van der Waals surface area (Å²) in [6.07, 6.45) is 0. The topological polar surface area (TPSA) is 77.3 Å². The van der Waals surface area contributed by atoms with Gasteiger partial charge >= 0.3 is 0 Å². The van der Waals surface area contributed by atoms with Crippen molar-refractivity contribution in [3.8, 4) is 79.5 Å². The smallest absolute Gasteiger partial charge is 0.164 e. The number of rotatable bonds is 7. The van der Waals surface area contributed by atoms with Gasteiger partial charge in [-0.25, -0.2) is 29.9 Å². The molecule has 6 nitrogen and oxygen atoms in total. The number of hydrogen-bond donors (Lipinski definition) is 0. The van der Waals surface area contributed by atoms with Crippen LogP contribution in [0.15, 0.2) is 121 Å². The van der Waals surface area contributed by atoms with Crippen LogP contribution in [0.5, 0.6) is 0 Å². The van der Waals surface area contributed by atoms with Gasteiger partial charge in [0.05, 0.1) is 0 Å². The molecule has 0 atom stereocenters. The van der Waals surface area contributed by atoms with E-state index in [0.29, 0.717) is 34.9 Å². The molecular formula is C50H44N6. The molecule has 2 heterocycles. The van der Waals surface area contributed by atoms with Crippen LogP contribution in [0, 0.1) is 55.4 Å². The predicted octanol–water partition coefficient (Wildman–Crippen LogP) is 12.2. The number of nitrogens with zero attached hydrogens (tertiary/aromatic N) is 6. The first-order valence-corrected chi connectivity index (χ1v) is 19.0. The minimum Gasteiger partial charge on any atom is -0.208 e. The molecule has 0 saturated carbocycles. The van der Waals surface area contributed by atoms with E-state index in [2.05, 4.69) is 177 Å². The van der Waals surface area contributed by atoms with E-state index in [0.717, 1.165) is 44.5 Å². The quantitative estimate of drug-likeness (QED) is 0.163. The zero-order chi connectivity index (χ0) is 39.1. The molecule has 0 saturated heterocycles. The third-order valence-electron chi connectivity index (χ3n) is 9.81. The van der Waals surface area contributed by atoms with Gasteiger partial charge in [0.1, 0.15) is 0 Å². The van der Waals surface area contributed by atoms with E-state index in [4.69, 9.17) is 29.9 Å². The Hall–Kier alpha value is -6.66. The molecule has 0 aliphatic carbocycles. The number of hydrogen-bond acceptors (Lipinski definition) is 6. The van der Waals surface area contributed by atoms with Gasteiger partial charge in [0.15, 0.2) is 34.9 Å². The van der Waals surface area contributed by atoms with Crippen molar-refractivity contribution < 1.29 is 0 Å². The molecule has 8 aromatic rings. The van der Waals surface area contributed by atoms with Crippen molar-refractivity contribution in [3.63, 3.8) is 0 Å². The fraction of sp³-hybridized carbons (Fsp3) is 0.160. The van der Waals surface area contributed by atoms with Gasteiger partial charge < -0.3 is 0 Å². The van der Waals surface area contributed by atoms with Crippen molar-refractivity contribution >= 4 is 0 Å². The van der Waals surface area contributed by atoms with Crippen LogP contribution in [0.25, 0.3) is 79.5 Å². The molecule has 0 fully saturated rings. The Bertz CT molecular complexity index is 2350. The molecule has 0 unspecified atom stereocenters. The van der Waals surface area contributed by atoms with E-state index < -0.39 is 0 Å². The molecule has 0 N–H and O–H groups in total. The van der Waals surface area contributed by atoms with Crippen molar-refractivity contribution in [3.05, 3.63) is 166 Å². The van der Waals surface area contributed by atoms with E-state index in [1.165, 1.54) is 44.5 Å². The maximum Gasteiger partial charge on any atom is 0.164 e. The van der Waals surface area contributed by atoms with Crippen molar-refractivity contribution in [2.45, 2.75) is 55.4 Å². The Morgan fingerprint density at radius 1 is 0.196 bits per heavy atom. The van der Waals surface area contributed by atoms with Gasteiger partial charge in [0, 0.05) is 33.4 Å². The van der Waals surface area contributed by atoms with E-state index in [9.17, 15) is 0 Å². The minimum absolute atomic E-state index is 0.638. The first kappa shape index (κ1) is 36.3. The zero-order valence-corrected chi connectivity index (χ0v) is 33.2. The summed E-state index contributed by atoms with van der Waals surface area (Å²) in [7, 11) is 0. The average Bonchev–Trinajstić information content (AvgIpc) is 3.16. The summed E-state index contributed by atoms with van der Waals surface area (Å²) in [5.41, 5.74) is 17.3. The highest BCUT2D eigenvalue weighted by molar-refractivity contribution is 5.74. The van der Waals surface area contributed by atoms with Gasteiger partial charge in [0.25, 0.3) is 0 Å². The first-order valence-electron chi connectivity index (χ1n) is 19.0. The van der Waals surface area contributed by atoms with Crippen LogP contribution in [-0.4, -0.2) is 29.9 Å². The number of aromatic nitrogens is 6. The van der Waals surface area contributed by atoms with Gasteiger partial charge in [-0.1, -0.05) is 117 Å². The Balaban J connectivity index is 1.14. The van der Waals surface area contributed by atoms with Gasteiger partial charge in [-0.2, -0.15) is 0 Å². The second-order valence-corrected chi connectivity index (χ2v) is 15.3. The van der Waals surface area contributed by atoms with Crippen LogP contribution >= 0.6 is 0 Å². The summed E-state index contributed by atoms with van der Waals surface area (Å²) < 4.78 is 0.